The number of aromatic nitrogens is 2. The Hall–Kier alpha value is -2.72. The van der Waals surface area contributed by atoms with Crippen LogP contribution in [-0.2, 0) is 6.54 Å². The number of carbonyl (C=O) groups is 1. The summed E-state index contributed by atoms with van der Waals surface area (Å²) in [6, 6.07) is 4.80. The van der Waals surface area contributed by atoms with E-state index in [-0.39, 0.29) is 28.1 Å². The van der Waals surface area contributed by atoms with E-state index >= 15 is 0 Å². The smallest absolute Gasteiger partial charge is 0.339 e. The highest BCUT2D eigenvalue weighted by atomic mass is 19.1. The molecular weight excluding hydrogens is 289 g/mol. The lowest BCUT2D eigenvalue weighted by atomic mass is 10.0. The van der Waals surface area contributed by atoms with E-state index < -0.39 is 18.0 Å². The minimum Gasteiger partial charge on any atom is -0.478 e. The zero-order chi connectivity index (χ0) is 15.9. The van der Waals surface area contributed by atoms with Crippen LogP contribution in [0.25, 0.3) is 11.3 Å². The average Bonchev–Trinajstić information content (AvgIpc) is 2.83. The first-order valence-corrected chi connectivity index (χ1v) is 6.75. The summed E-state index contributed by atoms with van der Waals surface area (Å²) in [6.07, 6.45) is 1.31. The van der Waals surface area contributed by atoms with Gasteiger partial charge in [-0.3, -0.25) is 0 Å². The van der Waals surface area contributed by atoms with E-state index in [1.165, 1.54) is 22.9 Å². The van der Waals surface area contributed by atoms with Crippen molar-refractivity contribution in [1.82, 2.24) is 9.55 Å². The van der Waals surface area contributed by atoms with Crippen molar-refractivity contribution < 1.29 is 19.4 Å². The summed E-state index contributed by atoms with van der Waals surface area (Å²) >= 11 is 0. The number of aliphatic hydroxyl groups excluding tert-OH is 1. The van der Waals surface area contributed by atoms with Gasteiger partial charge >= 0.3 is 5.97 Å². The van der Waals surface area contributed by atoms with E-state index in [1.54, 1.807) is 0 Å². The van der Waals surface area contributed by atoms with E-state index in [0.717, 1.165) is 0 Å². The van der Waals surface area contributed by atoms with Crippen molar-refractivity contribution in [2.24, 2.45) is 0 Å². The number of nitrogens with zero attached hydrogens (tertiary/aromatic N) is 3. The van der Waals surface area contributed by atoms with Gasteiger partial charge in [0.05, 0.1) is 28.6 Å². The van der Waals surface area contributed by atoms with Crippen LogP contribution in [0.15, 0.2) is 18.3 Å². The standard InChI is InChI=1S/C15H12FN3O3/c16-14-8(3-1-5-18-14)12-9(7-17)11(15(21)22)13-10(20)4-2-6-19(12)13/h1,3,5,10,20H,2,4,6H2,(H,21,22). The zero-order valence-electron chi connectivity index (χ0n) is 11.5. The predicted octanol–water partition coefficient (Wildman–Crippen LogP) is 2.09. The van der Waals surface area contributed by atoms with Crippen molar-refractivity contribution in [3.05, 3.63) is 41.1 Å². The minimum atomic E-state index is -1.31. The molecule has 0 radical (unpaired) electrons. The zero-order valence-corrected chi connectivity index (χ0v) is 11.5. The third-order valence-electron chi connectivity index (χ3n) is 3.82. The molecule has 0 aromatic carbocycles. The van der Waals surface area contributed by atoms with E-state index in [4.69, 9.17) is 0 Å². The van der Waals surface area contributed by atoms with Crippen molar-refractivity contribution in [2.45, 2.75) is 25.5 Å². The Morgan fingerprint density at radius 1 is 1.55 bits per heavy atom. The Bertz CT molecular complexity index is 807. The number of aromatic carboxylic acids is 1. The van der Waals surface area contributed by atoms with Gasteiger partial charge < -0.3 is 14.8 Å². The molecule has 1 unspecified atom stereocenters. The molecule has 0 spiro atoms. The molecule has 1 aliphatic rings. The summed E-state index contributed by atoms with van der Waals surface area (Å²) in [7, 11) is 0. The number of carboxylic acids is 1. The highest BCUT2D eigenvalue weighted by molar-refractivity contribution is 5.96. The van der Waals surface area contributed by atoms with Crippen LogP contribution in [0.1, 0.15) is 40.6 Å². The molecule has 3 rings (SSSR count). The van der Waals surface area contributed by atoms with E-state index in [9.17, 15) is 24.7 Å². The van der Waals surface area contributed by atoms with Crippen LogP contribution >= 0.6 is 0 Å². The second-order valence-electron chi connectivity index (χ2n) is 5.05. The molecule has 3 heterocycles. The maximum atomic E-state index is 14.0. The molecular formula is C15H12FN3O3. The Morgan fingerprint density at radius 2 is 2.32 bits per heavy atom. The number of pyridine rings is 1. The molecule has 6 nitrogen and oxygen atoms in total. The summed E-state index contributed by atoms with van der Waals surface area (Å²) in [5.41, 5.74) is -0.0157. The van der Waals surface area contributed by atoms with Gasteiger partial charge in [-0.2, -0.15) is 9.65 Å². The Kier molecular flexibility index (Phi) is 3.39. The molecule has 0 bridgehead atoms. The Morgan fingerprint density at radius 3 is 2.95 bits per heavy atom. The van der Waals surface area contributed by atoms with Gasteiger partial charge in [-0.05, 0) is 25.0 Å². The van der Waals surface area contributed by atoms with Gasteiger partial charge in [0.25, 0.3) is 0 Å². The number of aliphatic hydroxyl groups is 1. The summed E-state index contributed by atoms with van der Waals surface area (Å²) < 4.78 is 15.5. The van der Waals surface area contributed by atoms with Crippen LogP contribution in [0.5, 0.6) is 0 Å². The number of halogens is 1. The number of carboxylic acid groups (broad SMARTS) is 1. The molecule has 2 aromatic rings. The lowest BCUT2D eigenvalue weighted by Gasteiger charge is -2.23. The molecule has 2 N–H and O–H groups in total. The lowest BCUT2D eigenvalue weighted by Crippen LogP contribution is -2.18. The van der Waals surface area contributed by atoms with Gasteiger partial charge in [0.1, 0.15) is 11.6 Å². The fourth-order valence-electron chi connectivity index (χ4n) is 2.96. The normalized spacial score (nSPS) is 16.9. The topological polar surface area (TPSA) is 99.1 Å². The number of rotatable bonds is 2. The fraction of sp³-hybridized carbons (Fsp3) is 0.267. The molecule has 112 valence electrons. The number of hydrogen-bond donors (Lipinski definition) is 2. The molecule has 0 fully saturated rings. The van der Waals surface area contributed by atoms with Crippen molar-refractivity contribution in [3.8, 4) is 17.3 Å². The van der Waals surface area contributed by atoms with Crippen molar-refractivity contribution in [1.29, 1.82) is 5.26 Å². The van der Waals surface area contributed by atoms with Crippen molar-refractivity contribution in [2.75, 3.05) is 0 Å². The quantitative estimate of drug-likeness (QED) is 0.827. The van der Waals surface area contributed by atoms with Gasteiger partial charge in [0.2, 0.25) is 5.95 Å². The summed E-state index contributed by atoms with van der Waals surface area (Å²) in [6.45, 7) is 0.415. The van der Waals surface area contributed by atoms with Gasteiger partial charge in [-0.25, -0.2) is 9.78 Å². The highest BCUT2D eigenvalue weighted by Crippen LogP contribution is 2.39. The number of nitriles is 1. The third-order valence-corrected chi connectivity index (χ3v) is 3.82. The van der Waals surface area contributed by atoms with Crippen LogP contribution in [0, 0.1) is 17.3 Å². The molecule has 0 saturated heterocycles. The largest absolute Gasteiger partial charge is 0.478 e. The number of hydrogen-bond acceptors (Lipinski definition) is 4. The van der Waals surface area contributed by atoms with Crippen LogP contribution in [0.3, 0.4) is 0 Å². The van der Waals surface area contributed by atoms with Crippen LogP contribution in [-0.4, -0.2) is 25.7 Å². The monoisotopic (exact) mass is 301 g/mol. The van der Waals surface area contributed by atoms with Gasteiger partial charge in [0, 0.05) is 12.7 Å². The molecule has 0 saturated carbocycles. The summed E-state index contributed by atoms with van der Waals surface area (Å²) in [5.74, 6) is -2.09. The second kappa shape index (κ2) is 5.24. The van der Waals surface area contributed by atoms with Crippen molar-refractivity contribution >= 4 is 5.97 Å². The first-order chi connectivity index (χ1) is 10.6. The molecule has 2 aromatic heterocycles. The molecule has 0 amide bonds. The van der Waals surface area contributed by atoms with Gasteiger partial charge in [0.15, 0.2) is 0 Å². The lowest BCUT2D eigenvalue weighted by molar-refractivity contribution is 0.0682. The Labute approximate surface area is 125 Å². The average molecular weight is 301 g/mol. The number of fused-ring (bicyclic) bond motifs is 1. The third kappa shape index (κ3) is 1.96. The Balaban J connectivity index is 2.41. The van der Waals surface area contributed by atoms with E-state index in [1.807, 2.05) is 6.07 Å². The second-order valence-corrected chi connectivity index (χ2v) is 5.05. The molecule has 1 atom stereocenters. The van der Waals surface area contributed by atoms with Crippen molar-refractivity contribution in [3.63, 3.8) is 0 Å². The maximum Gasteiger partial charge on any atom is 0.339 e. The minimum absolute atomic E-state index is 0.0573. The van der Waals surface area contributed by atoms with Gasteiger partial charge in [-0.15, -0.1) is 0 Å². The first kappa shape index (κ1) is 14.2. The first-order valence-electron chi connectivity index (χ1n) is 6.75. The fourth-order valence-corrected chi connectivity index (χ4v) is 2.96. The van der Waals surface area contributed by atoms with Crippen LogP contribution < -0.4 is 0 Å². The van der Waals surface area contributed by atoms with Gasteiger partial charge in [-0.1, -0.05) is 0 Å². The summed E-state index contributed by atoms with van der Waals surface area (Å²) in [5, 5.41) is 28.9. The molecule has 0 aliphatic carbocycles. The SMILES string of the molecule is N#Cc1c(C(=O)O)c2n(c1-c1cccnc1F)CCCC2O. The highest BCUT2D eigenvalue weighted by Gasteiger charge is 2.34. The van der Waals surface area contributed by atoms with E-state index in [0.29, 0.717) is 19.4 Å². The molecule has 22 heavy (non-hydrogen) atoms. The summed E-state index contributed by atoms with van der Waals surface area (Å²) in [4.78, 5) is 15.1. The predicted molar refractivity (Wildman–Crippen MR) is 73.5 cm³/mol. The molecule has 1 aliphatic heterocycles. The van der Waals surface area contributed by atoms with E-state index in [2.05, 4.69) is 4.98 Å². The maximum absolute atomic E-state index is 14.0. The van der Waals surface area contributed by atoms with Crippen LogP contribution in [0.2, 0.25) is 0 Å². The molecule has 7 heteroatoms. The van der Waals surface area contributed by atoms with Crippen LogP contribution in [0.4, 0.5) is 4.39 Å².